The monoisotopic (exact) mass is 390 g/mol. The number of piperazine rings is 1. The minimum absolute atomic E-state index is 0.0947. The Morgan fingerprint density at radius 2 is 1.85 bits per heavy atom. The number of aryl methyl sites for hydroxylation is 1. The summed E-state index contributed by atoms with van der Waals surface area (Å²) in [5, 5.41) is 8.53. The second kappa shape index (κ2) is 8.80. The fraction of sp³-hybridized carbons (Fsp3) is 0.400. The number of benzene rings is 1. The van der Waals surface area contributed by atoms with E-state index < -0.39 is 11.6 Å². The van der Waals surface area contributed by atoms with Crippen LogP contribution >= 0.6 is 11.8 Å². The molecule has 144 valence electrons. The summed E-state index contributed by atoms with van der Waals surface area (Å²) in [6, 6.07) is 6.64. The van der Waals surface area contributed by atoms with Gasteiger partial charge in [-0.3, -0.25) is 10.3 Å². The molecule has 1 fully saturated rings. The number of amidine groups is 1. The molecular formula is C20H24F2N4S. The van der Waals surface area contributed by atoms with Gasteiger partial charge in [0.1, 0.15) is 16.7 Å². The summed E-state index contributed by atoms with van der Waals surface area (Å²) in [6.45, 7) is 7.71. The van der Waals surface area contributed by atoms with E-state index in [1.54, 1.807) is 13.1 Å². The first-order valence-corrected chi connectivity index (χ1v) is 9.96. The van der Waals surface area contributed by atoms with Crippen molar-refractivity contribution in [1.29, 1.82) is 5.41 Å². The largest absolute Gasteiger partial charge is 0.358 e. The summed E-state index contributed by atoms with van der Waals surface area (Å²) in [4.78, 5) is 8.82. The molecule has 3 rings (SSSR count). The van der Waals surface area contributed by atoms with E-state index in [0.717, 1.165) is 43.3 Å². The summed E-state index contributed by atoms with van der Waals surface area (Å²) in [6.07, 6.45) is 1.71. The van der Waals surface area contributed by atoms with Crippen LogP contribution in [-0.2, 0) is 12.3 Å². The topological polar surface area (TPSA) is 43.2 Å². The van der Waals surface area contributed by atoms with Crippen molar-refractivity contribution >= 4 is 17.6 Å². The van der Waals surface area contributed by atoms with Gasteiger partial charge < -0.3 is 4.90 Å². The van der Waals surface area contributed by atoms with Crippen molar-refractivity contribution < 1.29 is 8.78 Å². The zero-order valence-electron chi connectivity index (χ0n) is 15.6. The predicted octanol–water partition coefficient (Wildman–Crippen LogP) is 4.08. The van der Waals surface area contributed by atoms with Gasteiger partial charge in [-0.25, -0.2) is 13.8 Å². The number of halogens is 2. The molecule has 1 saturated heterocycles. The molecule has 1 aromatic carbocycles. The predicted molar refractivity (Wildman–Crippen MR) is 105 cm³/mol. The van der Waals surface area contributed by atoms with Gasteiger partial charge in [-0.15, -0.1) is 11.8 Å². The molecule has 27 heavy (non-hydrogen) atoms. The van der Waals surface area contributed by atoms with Crippen molar-refractivity contribution in [2.24, 2.45) is 0 Å². The Kier molecular flexibility index (Phi) is 6.44. The van der Waals surface area contributed by atoms with E-state index in [9.17, 15) is 8.78 Å². The second-order valence-electron chi connectivity index (χ2n) is 6.81. The fourth-order valence-electron chi connectivity index (χ4n) is 3.16. The van der Waals surface area contributed by atoms with Gasteiger partial charge in [0.2, 0.25) is 0 Å². The lowest BCUT2D eigenvalue weighted by molar-refractivity contribution is 0.173. The van der Waals surface area contributed by atoms with Crippen LogP contribution in [0.3, 0.4) is 0 Å². The molecule has 0 amide bonds. The number of hydrogen-bond donors (Lipinski definition) is 1. The maximum atomic E-state index is 14.1. The first-order chi connectivity index (χ1) is 12.9. The molecular weight excluding hydrogens is 366 g/mol. The van der Waals surface area contributed by atoms with E-state index >= 15 is 0 Å². The van der Waals surface area contributed by atoms with Crippen LogP contribution in [-0.4, -0.2) is 46.8 Å². The standard InChI is InChI=1S/C20H24F2N4S/c1-14-10-18(21)17(19(22)11-14)13-27-20-16(4-3-5-24-20)12-25-6-8-26(9-7-25)15(2)23/h3-5,10-11,23H,6-9,12-13H2,1-2H3. The normalized spacial score (nSPS) is 15.2. The third kappa shape index (κ3) is 5.05. The van der Waals surface area contributed by atoms with Crippen LogP contribution < -0.4 is 0 Å². The highest BCUT2D eigenvalue weighted by Crippen LogP contribution is 2.28. The molecule has 1 aliphatic rings. The Hall–Kier alpha value is -1.99. The van der Waals surface area contributed by atoms with E-state index in [2.05, 4.69) is 14.8 Å². The first-order valence-electron chi connectivity index (χ1n) is 8.97. The van der Waals surface area contributed by atoms with Crippen LogP contribution in [0.5, 0.6) is 0 Å². The number of thioether (sulfide) groups is 1. The number of nitrogens with one attached hydrogen (secondary N) is 1. The first kappa shape index (κ1) is 19.8. The van der Waals surface area contributed by atoms with Crippen molar-refractivity contribution in [3.63, 3.8) is 0 Å². The molecule has 7 heteroatoms. The van der Waals surface area contributed by atoms with Crippen LogP contribution in [0.4, 0.5) is 8.78 Å². The SMILES string of the molecule is CC(=N)N1CCN(Cc2cccnc2SCc2c(F)cc(C)cc2F)CC1. The van der Waals surface area contributed by atoms with Crippen molar-refractivity contribution in [2.75, 3.05) is 26.2 Å². The van der Waals surface area contributed by atoms with Gasteiger partial charge >= 0.3 is 0 Å². The summed E-state index contributed by atoms with van der Waals surface area (Å²) in [5.74, 6) is -0.191. The molecule has 0 bridgehead atoms. The molecule has 1 N–H and O–H groups in total. The Morgan fingerprint density at radius 3 is 2.48 bits per heavy atom. The maximum absolute atomic E-state index is 14.1. The summed E-state index contributed by atoms with van der Waals surface area (Å²) < 4.78 is 28.2. The lowest BCUT2D eigenvalue weighted by Gasteiger charge is -2.35. The number of hydrogen-bond acceptors (Lipinski definition) is 4. The van der Waals surface area contributed by atoms with Crippen LogP contribution in [0.2, 0.25) is 0 Å². The zero-order chi connectivity index (χ0) is 19.4. The number of aromatic nitrogens is 1. The molecule has 2 aromatic rings. The lowest BCUT2D eigenvalue weighted by Crippen LogP contribution is -2.47. The Bertz CT molecular complexity index is 796. The maximum Gasteiger partial charge on any atom is 0.130 e. The minimum Gasteiger partial charge on any atom is -0.358 e. The number of nitrogens with zero attached hydrogens (tertiary/aromatic N) is 3. The van der Waals surface area contributed by atoms with E-state index in [1.807, 2.05) is 19.1 Å². The molecule has 4 nitrogen and oxygen atoms in total. The summed E-state index contributed by atoms with van der Waals surface area (Å²) >= 11 is 1.37. The van der Waals surface area contributed by atoms with Gasteiger partial charge in [-0.1, -0.05) is 6.07 Å². The molecule has 0 unspecified atom stereocenters. The summed E-state index contributed by atoms with van der Waals surface area (Å²) in [7, 11) is 0. The summed E-state index contributed by atoms with van der Waals surface area (Å²) in [5.41, 5.74) is 1.74. The van der Waals surface area contributed by atoms with Crippen molar-refractivity contribution in [2.45, 2.75) is 31.2 Å². The van der Waals surface area contributed by atoms with Crippen LogP contribution in [0, 0.1) is 24.0 Å². The Morgan fingerprint density at radius 1 is 1.19 bits per heavy atom. The van der Waals surface area contributed by atoms with Crippen molar-refractivity contribution in [1.82, 2.24) is 14.8 Å². The zero-order valence-corrected chi connectivity index (χ0v) is 16.5. The van der Waals surface area contributed by atoms with E-state index in [4.69, 9.17) is 5.41 Å². The van der Waals surface area contributed by atoms with Crippen molar-refractivity contribution in [3.05, 3.63) is 58.8 Å². The smallest absolute Gasteiger partial charge is 0.130 e. The number of rotatable bonds is 5. The van der Waals surface area contributed by atoms with Gasteiger partial charge in [0.15, 0.2) is 0 Å². The lowest BCUT2D eigenvalue weighted by atomic mass is 10.1. The van der Waals surface area contributed by atoms with Gasteiger partial charge in [0.05, 0.1) is 5.84 Å². The third-order valence-electron chi connectivity index (χ3n) is 4.73. The minimum atomic E-state index is -0.504. The van der Waals surface area contributed by atoms with Crippen molar-refractivity contribution in [3.8, 4) is 0 Å². The van der Waals surface area contributed by atoms with Gasteiger partial charge in [-0.05, 0) is 43.2 Å². The van der Waals surface area contributed by atoms with Gasteiger partial charge in [0, 0.05) is 50.2 Å². The average molecular weight is 391 g/mol. The molecule has 0 saturated carbocycles. The van der Waals surface area contributed by atoms with Crippen LogP contribution in [0.1, 0.15) is 23.6 Å². The Balaban J connectivity index is 1.66. The van der Waals surface area contributed by atoms with Crippen LogP contribution in [0.25, 0.3) is 0 Å². The van der Waals surface area contributed by atoms with E-state index in [0.29, 0.717) is 11.4 Å². The molecule has 0 aliphatic carbocycles. The highest BCUT2D eigenvalue weighted by molar-refractivity contribution is 7.98. The Labute approximate surface area is 163 Å². The van der Waals surface area contributed by atoms with Gasteiger partial charge in [-0.2, -0.15) is 0 Å². The second-order valence-corrected chi connectivity index (χ2v) is 7.78. The molecule has 0 atom stereocenters. The highest BCUT2D eigenvalue weighted by Gasteiger charge is 2.19. The van der Waals surface area contributed by atoms with E-state index in [-0.39, 0.29) is 11.3 Å². The van der Waals surface area contributed by atoms with E-state index in [1.165, 1.54) is 23.9 Å². The molecule has 1 aliphatic heterocycles. The number of pyridine rings is 1. The van der Waals surface area contributed by atoms with Gasteiger partial charge in [0.25, 0.3) is 0 Å². The average Bonchev–Trinajstić information content (AvgIpc) is 2.62. The molecule has 0 spiro atoms. The fourth-order valence-corrected chi connectivity index (χ4v) is 4.18. The molecule has 2 heterocycles. The van der Waals surface area contributed by atoms with Crippen LogP contribution in [0.15, 0.2) is 35.5 Å². The highest BCUT2D eigenvalue weighted by atomic mass is 32.2. The molecule has 0 radical (unpaired) electrons. The molecule has 1 aromatic heterocycles. The third-order valence-corrected chi connectivity index (χ3v) is 5.80. The quantitative estimate of drug-likeness (QED) is 0.475.